The van der Waals surface area contributed by atoms with E-state index in [2.05, 4.69) is 19.9 Å². The zero-order valence-electron chi connectivity index (χ0n) is 14.0. The minimum absolute atomic E-state index is 0.377. The molecule has 0 amide bonds. The first-order chi connectivity index (χ1) is 10.1. The second kappa shape index (κ2) is 4.72. The molecular weight excluding hydrogens is 256 g/mol. The predicted octanol–water partition coefficient (Wildman–Crippen LogP) is 5.42. The topological polar surface area (TPSA) is 9.23 Å². The second-order valence-corrected chi connectivity index (χ2v) is 8.43. The molecule has 4 rings (SSSR count). The van der Waals surface area contributed by atoms with Crippen molar-refractivity contribution < 1.29 is 4.74 Å². The third-order valence-corrected chi connectivity index (χ3v) is 7.48. The first kappa shape index (κ1) is 14.1. The van der Waals surface area contributed by atoms with Crippen LogP contribution in [0.4, 0.5) is 0 Å². The summed E-state index contributed by atoms with van der Waals surface area (Å²) < 4.78 is 5.62. The summed E-state index contributed by atoms with van der Waals surface area (Å²) in [5.41, 5.74) is 6.54. The average molecular weight is 286 g/mol. The van der Waals surface area contributed by atoms with Gasteiger partial charge in [0.1, 0.15) is 0 Å². The summed E-state index contributed by atoms with van der Waals surface area (Å²) in [6.07, 6.45) is 15.2. The van der Waals surface area contributed by atoms with E-state index in [1.807, 2.05) is 18.3 Å². The highest BCUT2D eigenvalue weighted by Crippen LogP contribution is 2.62. The second-order valence-electron chi connectivity index (χ2n) is 8.43. The van der Waals surface area contributed by atoms with Crippen LogP contribution in [0, 0.1) is 16.7 Å². The molecule has 4 aliphatic rings. The van der Waals surface area contributed by atoms with E-state index in [0.717, 1.165) is 5.92 Å². The number of hydrogen-bond acceptors (Lipinski definition) is 1. The zero-order chi connectivity index (χ0) is 14.7. The summed E-state index contributed by atoms with van der Waals surface area (Å²) in [7, 11) is 1.87. The summed E-state index contributed by atoms with van der Waals surface area (Å²) in [6.45, 7) is 5.11. The number of rotatable bonds is 1. The predicted molar refractivity (Wildman–Crippen MR) is 87.2 cm³/mol. The highest BCUT2D eigenvalue weighted by molar-refractivity contribution is 5.38. The largest absolute Gasteiger partial charge is 0.377 e. The molecule has 4 aliphatic carbocycles. The Hall–Kier alpha value is -0.560. The number of fused-ring (bicyclic) bond motifs is 4. The lowest BCUT2D eigenvalue weighted by molar-refractivity contribution is 0.0807. The van der Waals surface area contributed by atoms with Crippen molar-refractivity contribution in [1.29, 1.82) is 0 Å². The number of allylic oxidation sites excluding steroid dienone is 3. The van der Waals surface area contributed by atoms with Gasteiger partial charge in [0.15, 0.2) is 0 Å². The van der Waals surface area contributed by atoms with Crippen LogP contribution in [-0.4, -0.2) is 13.2 Å². The molecule has 21 heavy (non-hydrogen) atoms. The molecule has 2 saturated carbocycles. The SMILES string of the molecule is COC1C=C2CCC3=C4CCC[C@@]4(C)CC[C@@H]3[C@@]2(C)CC1. The fourth-order valence-corrected chi connectivity index (χ4v) is 6.13. The van der Waals surface area contributed by atoms with Crippen molar-refractivity contribution in [3.05, 3.63) is 22.8 Å². The Labute approximate surface area is 129 Å². The maximum Gasteiger partial charge on any atom is 0.0755 e. The molecule has 0 aromatic carbocycles. The van der Waals surface area contributed by atoms with Crippen molar-refractivity contribution in [2.24, 2.45) is 16.7 Å². The molecule has 0 radical (unpaired) electrons. The third-order valence-electron chi connectivity index (χ3n) is 7.48. The number of methoxy groups -OCH3 is 1. The lowest BCUT2D eigenvalue weighted by Crippen LogP contribution is -2.42. The molecule has 4 atom stereocenters. The van der Waals surface area contributed by atoms with Crippen LogP contribution in [0.2, 0.25) is 0 Å². The highest BCUT2D eigenvalue weighted by atomic mass is 16.5. The van der Waals surface area contributed by atoms with Crippen LogP contribution in [0.1, 0.15) is 71.6 Å². The quantitative estimate of drug-likeness (QED) is 0.585. The van der Waals surface area contributed by atoms with Crippen molar-refractivity contribution in [3.63, 3.8) is 0 Å². The molecule has 0 heterocycles. The summed E-state index contributed by atoms with van der Waals surface area (Å²) in [6, 6.07) is 0. The molecule has 0 aliphatic heterocycles. The molecule has 0 aromatic heterocycles. The summed E-state index contributed by atoms with van der Waals surface area (Å²) >= 11 is 0. The van der Waals surface area contributed by atoms with Crippen molar-refractivity contribution in [2.45, 2.75) is 77.7 Å². The van der Waals surface area contributed by atoms with Gasteiger partial charge in [-0.15, -0.1) is 0 Å². The smallest absolute Gasteiger partial charge is 0.0755 e. The minimum Gasteiger partial charge on any atom is -0.377 e. The van der Waals surface area contributed by atoms with Gasteiger partial charge in [-0.3, -0.25) is 0 Å². The Morgan fingerprint density at radius 3 is 2.71 bits per heavy atom. The van der Waals surface area contributed by atoms with Gasteiger partial charge in [0.25, 0.3) is 0 Å². The Morgan fingerprint density at radius 2 is 1.90 bits per heavy atom. The highest BCUT2D eigenvalue weighted by Gasteiger charge is 2.50. The van der Waals surface area contributed by atoms with E-state index >= 15 is 0 Å². The van der Waals surface area contributed by atoms with Crippen molar-refractivity contribution in [3.8, 4) is 0 Å². The van der Waals surface area contributed by atoms with E-state index in [4.69, 9.17) is 4.74 Å². The van der Waals surface area contributed by atoms with Gasteiger partial charge >= 0.3 is 0 Å². The Balaban J connectivity index is 1.75. The van der Waals surface area contributed by atoms with E-state index in [9.17, 15) is 0 Å². The monoisotopic (exact) mass is 286 g/mol. The number of hydrogen-bond donors (Lipinski definition) is 0. The van der Waals surface area contributed by atoms with E-state index in [0.29, 0.717) is 16.9 Å². The molecular formula is C20H30O. The van der Waals surface area contributed by atoms with Crippen LogP contribution >= 0.6 is 0 Å². The van der Waals surface area contributed by atoms with Gasteiger partial charge in [-0.1, -0.05) is 36.6 Å². The molecule has 0 bridgehead atoms. The van der Waals surface area contributed by atoms with E-state index in [-0.39, 0.29) is 0 Å². The van der Waals surface area contributed by atoms with Crippen LogP contribution in [0.5, 0.6) is 0 Å². The van der Waals surface area contributed by atoms with E-state index < -0.39 is 0 Å². The van der Waals surface area contributed by atoms with E-state index in [1.165, 1.54) is 57.8 Å². The molecule has 0 aromatic rings. The first-order valence-electron chi connectivity index (χ1n) is 9.03. The van der Waals surface area contributed by atoms with Crippen LogP contribution < -0.4 is 0 Å². The summed E-state index contributed by atoms with van der Waals surface area (Å²) in [5.74, 6) is 0.844. The van der Waals surface area contributed by atoms with Gasteiger partial charge in [0, 0.05) is 7.11 Å². The Morgan fingerprint density at radius 1 is 1.05 bits per heavy atom. The molecule has 1 unspecified atom stereocenters. The average Bonchev–Trinajstić information content (AvgIpc) is 2.88. The van der Waals surface area contributed by atoms with Crippen LogP contribution in [-0.2, 0) is 4.74 Å². The van der Waals surface area contributed by atoms with Crippen molar-refractivity contribution in [1.82, 2.24) is 0 Å². The number of ether oxygens (including phenoxy) is 1. The van der Waals surface area contributed by atoms with Gasteiger partial charge in [-0.05, 0) is 74.5 Å². The third kappa shape index (κ3) is 1.92. The summed E-state index contributed by atoms with van der Waals surface area (Å²) in [5, 5.41) is 0. The standard InChI is InChI=1S/C20H30O/c1-19-10-4-5-17(19)16-7-6-14-13-15(21-3)8-12-20(14,2)18(16)9-11-19/h13,15,18H,4-12H2,1-3H3/t15?,18-,19-,20-/m0/s1. The lowest BCUT2D eigenvalue weighted by atomic mass is 9.52. The Kier molecular flexibility index (Phi) is 3.16. The van der Waals surface area contributed by atoms with Crippen molar-refractivity contribution >= 4 is 0 Å². The molecule has 2 fully saturated rings. The maximum absolute atomic E-state index is 5.62. The van der Waals surface area contributed by atoms with Crippen LogP contribution in [0.25, 0.3) is 0 Å². The van der Waals surface area contributed by atoms with Gasteiger partial charge in [0.05, 0.1) is 6.10 Å². The molecule has 0 saturated heterocycles. The van der Waals surface area contributed by atoms with Gasteiger partial charge in [-0.25, -0.2) is 0 Å². The fourth-order valence-electron chi connectivity index (χ4n) is 6.13. The molecule has 1 heteroatoms. The first-order valence-corrected chi connectivity index (χ1v) is 9.03. The van der Waals surface area contributed by atoms with Gasteiger partial charge in [0.2, 0.25) is 0 Å². The molecule has 0 N–H and O–H groups in total. The fraction of sp³-hybridized carbons (Fsp3) is 0.800. The van der Waals surface area contributed by atoms with E-state index in [1.54, 1.807) is 5.57 Å². The molecule has 1 nitrogen and oxygen atoms in total. The van der Waals surface area contributed by atoms with Gasteiger partial charge in [-0.2, -0.15) is 0 Å². The molecule has 0 spiro atoms. The maximum atomic E-state index is 5.62. The summed E-state index contributed by atoms with van der Waals surface area (Å²) in [4.78, 5) is 0. The lowest BCUT2D eigenvalue weighted by Gasteiger charge is -2.52. The Bertz CT molecular complexity index is 514. The van der Waals surface area contributed by atoms with Crippen LogP contribution in [0.3, 0.4) is 0 Å². The molecule has 116 valence electrons. The normalized spacial score (nSPS) is 45.8. The zero-order valence-corrected chi connectivity index (χ0v) is 14.0. The van der Waals surface area contributed by atoms with Gasteiger partial charge < -0.3 is 4.74 Å². The van der Waals surface area contributed by atoms with Crippen molar-refractivity contribution in [2.75, 3.05) is 7.11 Å². The minimum atomic E-state index is 0.377. The van der Waals surface area contributed by atoms with Crippen LogP contribution in [0.15, 0.2) is 22.8 Å².